The van der Waals surface area contributed by atoms with E-state index in [4.69, 9.17) is 0 Å². The first-order chi connectivity index (χ1) is 11.2. The maximum absolute atomic E-state index is 12.5. The molecule has 0 saturated heterocycles. The second kappa shape index (κ2) is 5.35. The first kappa shape index (κ1) is 13.7. The minimum atomic E-state index is -0.267. The highest BCUT2D eigenvalue weighted by molar-refractivity contribution is 6.03. The number of amides is 1. The van der Waals surface area contributed by atoms with Crippen LogP contribution in [-0.4, -0.2) is 30.9 Å². The Morgan fingerprint density at radius 3 is 2.83 bits per heavy atom. The molecule has 3 aromatic rings. The molecule has 0 atom stereocenters. The van der Waals surface area contributed by atoms with Crippen LogP contribution in [0.4, 0.5) is 5.95 Å². The molecule has 0 saturated carbocycles. The van der Waals surface area contributed by atoms with Gasteiger partial charge >= 0.3 is 0 Å². The van der Waals surface area contributed by atoms with Crippen molar-refractivity contribution >= 4 is 11.9 Å². The van der Waals surface area contributed by atoms with Gasteiger partial charge in [0.15, 0.2) is 5.69 Å². The molecule has 2 N–H and O–H groups in total. The van der Waals surface area contributed by atoms with Crippen molar-refractivity contribution in [2.45, 2.75) is 26.2 Å². The summed E-state index contributed by atoms with van der Waals surface area (Å²) in [6.45, 7) is 1.78. The predicted molar refractivity (Wildman–Crippen MR) is 84.7 cm³/mol. The lowest BCUT2D eigenvalue weighted by atomic mass is 10.2. The monoisotopic (exact) mass is 308 g/mol. The lowest BCUT2D eigenvalue weighted by molar-refractivity contribution is 0.102. The van der Waals surface area contributed by atoms with E-state index in [0.29, 0.717) is 11.5 Å². The summed E-state index contributed by atoms with van der Waals surface area (Å²) in [6, 6.07) is 9.88. The number of hydrogen-bond donors (Lipinski definition) is 2. The predicted octanol–water partition coefficient (Wildman–Crippen LogP) is 2.04. The van der Waals surface area contributed by atoms with E-state index < -0.39 is 0 Å². The number of benzene rings is 1. The number of nitrogens with one attached hydrogen (secondary N) is 2. The van der Waals surface area contributed by atoms with E-state index in [-0.39, 0.29) is 11.9 Å². The Balaban J connectivity index is 1.71. The molecule has 0 aliphatic heterocycles. The number of aryl methyl sites for hydroxylation is 1. The first-order valence-corrected chi connectivity index (χ1v) is 7.59. The maximum Gasteiger partial charge on any atom is 0.278 e. The Kier molecular flexibility index (Phi) is 3.18. The Labute approximate surface area is 132 Å². The number of carbonyl (C=O) groups excluding carboxylic acids is 1. The van der Waals surface area contributed by atoms with E-state index in [2.05, 4.69) is 25.6 Å². The Morgan fingerprint density at radius 2 is 2.09 bits per heavy atom. The molecular formula is C16H16N6O. The fourth-order valence-corrected chi connectivity index (χ4v) is 2.96. The second-order valence-corrected chi connectivity index (χ2v) is 5.57. The number of carbonyl (C=O) groups is 1. The van der Waals surface area contributed by atoms with E-state index >= 15 is 0 Å². The van der Waals surface area contributed by atoms with Gasteiger partial charge in [0.2, 0.25) is 5.95 Å². The second-order valence-electron chi connectivity index (χ2n) is 5.57. The van der Waals surface area contributed by atoms with E-state index in [0.717, 1.165) is 36.2 Å². The van der Waals surface area contributed by atoms with Crippen LogP contribution >= 0.6 is 0 Å². The van der Waals surface area contributed by atoms with Gasteiger partial charge in [-0.1, -0.05) is 18.2 Å². The zero-order valence-electron chi connectivity index (χ0n) is 12.7. The summed E-state index contributed by atoms with van der Waals surface area (Å²) >= 11 is 0. The molecule has 0 fully saturated rings. The molecule has 7 heteroatoms. The van der Waals surface area contributed by atoms with Crippen molar-refractivity contribution < 1.29 is 4.79 Å². The fraction of sp³-hybridized carbons (Fsp3) is 0.250. The van der Waals surface area contributed by atoms with E-state index in [9.17, 15) is 4.79 Å². The third kappa shape index (κ3) is 2.40. The Bertz CT molecular complexity index is 864. The molecule has 0 unspecified atom stereocenters. The number of aromatic amines is 1. The molecule has 2 heterocycles. The van der Waals surface area contributed by atoms with Gasteiger partial charge in [-0.05, 0) is 38.3 Å². The van der Waals surface area contributed by atoms with E-state index in [1.807, 2.05) is 35.0 Å². The average molecular weight is 308 g/mol. The number of rotatable bonds is 3. The van der Waals surface area contributed by atoms with Crippen molar-refractivity contribution in [3.05, 3.63) is 53.1 Å². The van der Waals surface area contributed by atoms with Crippen LogP contribution in [0.25, 0.3) is 5.69 Å². The first-order valence-electron chi connectivity index (χ1n) is 7.59. The summed E-state index contributed by atoms with van der Waals surface area (Å²) in [5.74, 6) is 0.658. The zero-order valence-corrected chi connectivity index (χ0v) is 12.7. The van der Waals surface area contributed by atoms with Gasteiger partial charge in [0, 0.05) is 11.3 Å². The van der Waals surface area contributed by atoms with Gasteiger partial charge in [-0.15, -0.1) is 5.10 Å². The summed E-state index contributed by atoms with van der Waals surface area (Å²) in [7, 11) is 0. The molecule has 0 radical (unpaired) electrons. The summed E-state index contributed by atoms with van der Waals surface area (Å²) in [5.41, 5.74) is 3.58. The molecule has 0 bridgehead atoms. The molecule has 1 aromatic carbocycles. The van der Waals surface area contributed by atoms with Crippen LogP contribution in [0.1, 0.15) is 34.0 Å². The highest BCUT2D eigenvalue weighted by atomic mass is 16.2. The van der Waals surface area contributed by atoms with Crippen LogP contribution in [0.2, 0.25) is 0 Å². The van der Waals surface area contributed by atoms with Gasteiger partial charge in [-0.2, -0.15) is 10.1 Å². The maximum atomic E-state index is 12.5. The molecule has 4 rings (SSSR count). The van der Waals surface area contributed by atoms with Crippen molar-refractivity contribution in [2.24, 2.45) is 0 Å². The standard InChI is InChI=1S/C16H16N6O/c1-10-17-16(20-19-10)18-15(23)14-12-8-5-9-13(12)22(21-14)11-6-3-2-4-7-11/h2-4,6-7H,5,8-9H2,1H3,(H2,17,18,19,20,23). The lowest BCUT2D eigenvalue weighted by Gasteiger charge is -2.04. The van der Waals surface area contributed by atoms with Crippen molar-refractivity contribution in [3.8, 4) is 5.69 Å². The third-order valence-electron chi connectivity index (χ3n) is 3.97. The quantitative estimate of drug-likeness (QED) is 0.775. The summed E-state index contributed by atoms with van der Waals surface area (Å²) in [4.78, 5) is 16.6. The van der Waals surface area contributed by atoms with Crippen LogP contribution in [-0.2, 0) is 12.8 Å². The van der Waals surface area contributed by atoms with E-state index in [1.54, 1.807) is 6.92 Å². The number of aromatic nitrogens is 5. The van der Waals surface area contributed by atoms with Crippen molar-refractivity contribution in [3.63, 3.8) is 0 Å². The SMILES string of the molecule is Cc1nc(NC(=O)c2nn(-c3ccccc3)c3c2CCC3)n[nH]1. The summed E-state index contributed by atoms with van der Waals surface area (Å²) in [5, 5.41) is 13.9. The highest BCUT2D eigenvalue weighted by Crippen LogP contribution is 2.28. The normalized spacial score (nSPS) is 13.1. The summed E-state index contributed by atoms with van der Waals surface area (Å²) < 4.78 is 1.88. The largest absolute Gasteiger partial charge is 0.288 e. The van der Waals surface area contributed by atoms with Gasteiger partial charge in [-0.25, -0.2) is 4.68 Å². The minimum absolute atomic E-state index is 0.267. The molecule has 1 aliphatic carbocycles. The molecule has 116 valence electrons. The number of H-pyrrole nitrogens is 1. The molecule has 23 heavy (non-hydrogen) atoms. The lowest BCUT2D eigenvalue weighted by Crippen LogP contribution is -2.16. The zero-order chi connectivity index (χ0) is 15.8. The van der Waals surface area contributed by atoms with Gasteiger partial charge < -0.3 is 0 Å². The van der Waals surface area contributed by atoms with Gasteiger partial charge in [-0.3, -0.25) is 15.2 Å². The van der Waals surface area contributed by atoms with Crippen LogP contribution in [0.3, 0.4) is 0 Å². The van der Waals surface area contributed by atoms with Crippen molar-refractivity contribution in [1.82, 2.24) is 25.0 Å². The number of nitrogens with zero attached hydrogens (tertiary/aromatic N) is 4. The highest BCUT2D eigenvalue weighted by Gasteiger charge is 2.27. The smallest absolute Gasteiger partial charge is 0.278 e. The molecule has 2 aromatic heterocycles. The van der Waals surface area contributed by atoms with Gasteiger partial charge in [0.1, 0.15) is 5.82 Å². The van der Waals surface area contributed by atoms with Crippen LogP contribution in [0, 0.1) is 6.92 Å². The van der Waals surface area contributed by atoms with Crippen LogP contribution in [0.5, 0.6) is 0 Å². The molecule has 1 aliphatic rings. The van der Waals surface area contributed by atoms with Gasteiger partial charge in [0.25, 0.3) is 5.91 Å². The number of anilines is 1. The Morgan fingerprint density at radius 1 is 1.26 bits per heavy atom. The molecule has 1 amide bonds. The molecule has 0 spiro atoms. The van der Waals surface area contributed by atoms with E-state index in [1.165, 1.54) is 0 Å². The van der Waals surface area contributed by atoms with Crippen molar-refractivity contribution in [1.29, 1.82) is 0 Å². The average Bonchev–Trinajstić information content (AvgIpc) is 3.24. The number of hydrogen-bond acceptors (Lipinski definition) is 4. The fourth-order valence-electron chi connectivity index (χ4n) is 2.96. The van der Waals surface area contributed by atoms with Gasteiger partial charge in [0.05, 0.1) is 5.69 Å². The third-order valence-corrected chi connectivity index (χ3v) is 3.97. The number of para-hydroxylation sites is 1. The van der Waals surface area contributed by atoms with Crippen molar-refractivity contribution in [2.75, 3.05) is 5.32 Å². The summed E-state index contributed by atoms with van der Waals surface area (Å²) in [6.07, 6.45) is 2.85. The molecule has 7 nitrogen and oxygen atoms in total. The van der Waals surface area contributed by atoms with Crippen LogP contribution in [0.15, 0.2) is 30.3 Å². The molecular weight excluding hydrogens is 292 g/mol. The van der Waals surface area contributed by atoms with Crippen LogP contribution < -0.4 is 5.32 Å². The number of fused-ring (bicyclic) bond motifs is 1. The topological polar surface area (TPSA) is 88.5 Å². The minimum Gasteiger partial charge on any atom is -0.288 e. The Hall–Kier alpha value is -2.96.